The molecule has 1 aliphatic rings. The summed E-state index contributed by atoms with van der Waals surface area (Å²) in [4.78, 5) is 14.5. The van der Waals surface area contributed by atoms with Gasteiger partial charge in [-0.1, -0.05) is 0 Å². The van der Waals surface area contributed by atoms with Crippen LogP contribution in [0.3, 0.4) is 0 Å². The molecule has 2 N–H and O–H groups in total. The number of piperidine rings is 1. The maximum absolute atomic E-state index is 12.7. The van der Waals surface area contributed by atoms with Gasteiger partial charge in [0.2, 0.25) is 5.75 Å². The first-order valence-electron chi connectivity index (χ1n) is 8.13. The van der Waals surface area contributed by atoms with E-state index in [-0.39, 0.29) is 41.6 Å². The van der Waals surface area contributed by atoms with Gasteiger partial charge in [-0.05, 0) is 37.8 Å². The summed E-state index contributed by atoms with van der Waals surface area (Å²) in [6.07, 6.45) is 1.68. The largest absolute Gasteiger partial charge is 0.493 e. The molecule has 1 aromatic rings. The molecular formula is C17H25ClF2N2O4. The lowest BCUT2D eigenvalue weighted by atomic mass is 9.90. The molecule has 1 heterocycles. The van der Waals surface area contributed by atoms with E-state index < -0.39 is 6.61 Å². The lowest BCUT2D eigenvalue weighted by Crippen LogP contribution is -2.42. The number of alkyl halides is 2. The van der Waals surface area contributed by atoms with Gasteiger partial charge in [0.25, 0.3) is 5.91 Å². The molecule has 1 aliphatic heterocycles. The van der Waals surface area contributed by atoms with Crippen molar-refractivity contribution in [2.75, 3.05) is 27.3 Å². The third-order valence-corrected chi connectivity index (χ3v) is 4.48. The van der Waals surface area contributed by atoms with Gasteiger partial charge < -0.3 is 24.8 Å². The minimum absolute atomic E-state index is 0. The first-order chi connectivity index (χ1) is 11.9. The van der Waals surface area contributed by atoms with Crippen molar-refractivity contribution in [1.82, 2.24) is 4.90 Å². The van der Waals surface area contributed by atoms with Crippen LogP contribution < -0.4 is 19.9 Å². The predicted molar refractivity (Wildman–Crippen MR) is 95.7 cm³/mol. The molecule has 1 fully saturated rings. The molecule has 6 nitrogen and oxygen atoms in total. The molecule has 1 aromatic carbocycles. The summed E-state index contributed by atoms with van der Waals surface area (Å²) in [6.45, 7) is 0.150. The first-order valence-corrected chi connectivity index (χ1v) is 8.13. The summed E-state index contributed by atoms with van der Waals surface area (Å²) >= 11 is 0. The Kier molecular flexibility index (Phi) is 8.36. The summed E-state index contributed by atoms with van der Waals surface area (Å²) in [5.41, 5.74) is 6.22. The number of methoxy groups -OCH3 is 2. The monoisotopic (exact) mass is 394 g/mol. The molecule has 1 saturated heterocycles. The van der Waals surface area contributed by atoms with Crippen molar-refractivity contribution in [1.29, 1.82) is 0 Å². The van der Waals surface area contributed by atoms with Gasteiger partial charge in [-0.2, -0.15) is 8.78 Å². The average molecular weight is 395 g/mol. The quantitative estimate of drug-likeness (QED) is 0.803. The molecule has 0 aromatic heterocycles. The van der Waals surface area contributed by atoms with E-state index in [1.807, 2.05) is 6.92 Å². The van der Waals surface area contributed by atoms with Crippen LogP contribution in [0.2, 0.25) is 0 Å². The molecule has 0 bridgehead atoms. The number of carbonyl (C=O) groups excluding carboxylic acids is 1. The Bertz CT molecular complexity index is 583. The fourth-order valence-corrected chi connectivity index (χ4v) is 3.02. The zero-order chi connectivity index (χ0) is 18.6. The summed E-state index contributed by atoms with van der Waals surface area (Å²) in [7, 11) is 2.63. The number of amides is 1. The number of halogens is 3. The van der Waals surface area contributed by atoms with Crippen LogP contribution in [-0.2, 0) is 0 Å². The minimum atomic E-state index is -3.03. The van der Waals surface area contributed by atoms with Gasteiger partial charge in [-0.15, -0.1) is 12.4 Å². The zero-order valence-electron chi connectivity index (χ0n) is 15.0. The van der Waals surface area contributed by atoms with Gasteiger partial charge in [0, 0.05) is 24.7 Å². The van der Waals surface area contributed by atoms with Crippen molar-refractivity contribution in [2.24, 2.45) is 11.7 Å². The van der Waals surface area contributed by atoms with E-state index in [1.165, 1.54) is 26.4 Å². The van der Waals surface area contributed by atoms with Crippen LogP contribution in [0.15, 0.2) is 12.1 Å². The second-order valence-corrected chi connectivity index (χ2v) is 6.08. The lowest BCUT2D eigenvalue weighted by molar-refractivity contribution is -0.0526. The molecule has 0 radical (unpaired) electrons. The first kappa shape index (κ1) is 22.2. The van der Waals surface area contributed by atoms with Crippen molar-refractivity contribution in [3.05, 3.63) is 17.7 Å². The third kappa shape index (κ3) is 5.11. The molecule has 1 unspecified atom stereocenters. The Balaban J connectivity index is 0.00000338. The van der Waals surface area contributed by atoms with Crippen LogP contribution in [0.25, 0.3) is 0 Å². The van der Waals surface area contributed by atoms with Crippen molar-refractivity contribution in [3.63, 3.8) is 0 Å². The number of carbonyl (C=O) groups is 1. The van der Waals surface area contributed by atoms with Crippen LogP contribution >= 0.6 is 12.4 Å². The SMILES string of the molecule is COc1cc(C(=O)N2CCC(C(C)N)CC2)cc(OC)c1OC(F)F.Cl. The maximum atomic E-state index is 12.7. The van der Waals surface area contributed by atoms with E-state index in [0.29, 0.717) is 24.6 Å². The van der Waals surface area contributed by atoms with Gasteiger partial charge in [0.05, 0.1) is 14.2 Å². The topological polar surface area (TPSA) is 74.0 Å². The molecule has 0 aliphatic carbocycles. The summed E-state index contributed by atoms with van der Waals surface area (Å²) in [6, 6.07) is 2.88. The fourth-order valence-electron chi connectivity index (χ4n) is 3.02. The summed E-state index contributed by atoms with van der Waals surface area (Å²) in [5.74, 6) is 0.00686. The highest BCUT2D eigenvalue weighted by atomic mass is 35.5. The molecule has 0 saturated carbocycles. The molecule has 9 heteroatoms. The number of ether oxygens (including phenoxy) is 3. The molecule has 0 spiro atoms. The predicted octanol–water partition coefficient (Wildman–Crippen LogP) is 2.93. The van der Waals surface area contributed by atoms with Gasteiger partial charge >= 0.3 is 6.61 Å². The van der Waals surface area contributed by atoms with Gasteiger partial charge in [-0.3, -0.25) is 4.79 Å². The van der Waals surface area contributed by atoms with Crippen LogP contribution in [0.1, 0.15) is 30.1 Å². The number of nitrogens with two attached hydrogens (primary N) is 1. The summed E-state index contributed by atoms with van der Waals surface area (Å²) in [5, 5.41) is 0. The van der Waals surface area contributed by atoms with Crippen molar-refractivity contribution >= 4 is 18.3 Å². The van der Waals surface area contributed by atoms with E-state index >= 15 is 0 Å². The third-order valence-electron chi connectivity index (χ3n) is 4.48. The summed E-state index contributed by atoms with van der Waals surface area (Å²) < 4.78 is 39.8. The van der Waals surface area contributed by atoms with Crippen LogP contribution in [0, 0.1) is 5.92 Å². The molecule has 26 heavy (non-hydrogen) atoms. The van der Waals surface area contributed by atoms with Gasteiger partial charge in [0.1, 0.15) is 0 Å². The molecule has 148 valence electrons. The van der Waals surface area contributed by atoms with Crippen LogP contribution in [-0.4, -0.2) is 50.8 Å². The Hall–Kier alpha value is -1.80. The Morgan fingerprint density at radius 1 is 1.19 bits per heavy atom. The van der Waals surface area contributed by atoms with Crippen LogP contribution in [0.5, 0.6) is 17.2 Å². The van der Waals surface area contributed by atoms with Gasteiger partial charge in [0.15, 0.2) is 11.5 Å². The Morgan fingerprint density at radius 3 is 2.08 bits per heavy atom. The van der Waals surface area contributed by atoms with Gasteiger partial charge in [-0.25, -0.2) is 0 Å². The Morgan fingerprint density at radius 2 is 1.69 bits per heavy atom. The zero-order valence-corrected chi connectivity index (χ0v) is 15.9. The normalized spacial score (nSPS) is 16.0. The molecule has 1 atom stereocenters. The standard InChI is InChI=1S/C17H24F2N2O4.ClH/c1-10(20)11-4-6-21(7-5-11)16(22)12-8-13(23-2)15(25-17(18)19)14(9-12)24-3;/h8-11,17H,4-7,20H2,1-3H3;1H. The number of hydrogen-bond donors (Lipinski definition) is 1. The number of likely N-dealkylation sites (tertiary alicyclic amines) is 1. The second-order valence-electron chi connectivity index (χ2n) is 6.08. The van der Waals surface area contributed by atoms with E-state index in [0.717, 1.165) is 12.8 Å². The lowest BCUT2D eigenvalue weighted by Gasteiger charge is -2.33. The number of hydrogen-bond acceptors (Lipinski definition) is 5. The van der Waals surface area contributed by atoms with Crippen molar-refractivity contribution < 1.29 is 27.8 Å². The highest BCUT2D eigenvalue weighted by Gasteiger charge is 2.27. The van der Waals surface area contributed by atoms with E-state index in [9.17, 15) is 13.6 Å². The van der Waals surface area contributed by atoms with Crippen molar-refractivity contribution in [2.45, 2.75) is 32.4 Å². The van der Waals surface area contributed by atoms with Crippen LogP contribution in [0.4, 0.5) is 8.78 Å². The smallest absolute Gasteiger partial charge is 0.387 e. The van der Waals surface area contributed by atoms with E-state index in [4.69, 9.17) is 15.2 Å². The molecular weight excluding hydrogens is 370 g/mol. The maximum Gasteiger partial charge on any atom is 0.387 e. The highest BCUT2D eigenvalue weighted by Crippen LogP contribution is 2.40. The highest BCUT2D eigenvalue weighted by molar-refractivity contribution is 5.95. The molecule has 2 rings (SSSR count). The fraction of sp³-hybridized carbons (Fsp3) is 0.588. The van der Waals surface area contributed by atoms with E-state index in [2.05, 4.69) is 4.74 Å². The number of nitrogens with zero attached hydrogens (tertiary/aromatic N) is 1. The number of benzene rings is 1. The number of rotatable bonds is 6. The second kappa shape index (κ2) is 9.78. The minimum Gasteiger partial charge on any atom is -0.493 e. The Labute approximate surface area is 158 Å². The molecule has 1 amide bonds. The average Bonchev–Trinajstić information content (AvgIpc) is 2.60. The van der Waals surface area contributed by atoms with E-state index in [1.54, 1.807) is 4.90 Å². The van der Waals surface area contributed by atoms with Crippen molar-refractivity contribution in [3.8, 4) is 17.2 Å².